The highest BCUT2D eigenvalue weighted by Gasteiger charge is 2.02. The molecule has 0 saturated heterocycles. The Morgan fingerprint density at radius 2 is 1.23 bits per heavy atom. The van der Waals surface area contributed by atoms with Crippen molar-refractivity contribution in [3.05, 3.63) is 35.4 Å². The van der Waals surface area contributed by atoms with E-state index in [0.717, 1.165) is 31.7 Å². The summed E-state index contributed by atoms with van der Waals surface area (Å²) in [6.07, 6.45) is 1.25. The van der Waals surface area contributed by atoms with Crippen LogP contribution < -0.4 is 0 Å². The summed E-state index contributed by atoms with van der Waals surface area (Å²) in [6.45, 7) is 14.8. The van der Waals surface area contributed by atoms with Crippen LogP contribution in [-0.4, -0.2) is 48.6 Å². The highest BCUT2D eigenvalue weighted by molar-refractivity contribution is 5.21. The molecule has 0 saturated carbocycles. The summed E-state index contributed by atoms with van der Waals surface area (Å²) in [6, 6.07) is 8.15. The van der Waals surface area contributed by atoms with Gasteiger partial charge >= 0.3 is 0 Å². The quantitative estimate of drug-likeness (QED) is 0.824. The number of benzene rings is 1. The Balaban J connectivity index is 0. The van der Waals surface area contributed by atoms with Gasteiger partial charge in [-0.25, -0.2) is 0 Å². The van der Waals surface area contributed by atoms with Gasteiger partial charge in [-0.05, 0) is 31.8 Å². The van der Waals surface area contributed by atoms with Crippen LogP contribution in [0.4, 0.5) is 0 Å². The van der Waals surface area contributed by atoms with Crippen molar-refractivity contribution in [2.75, 3.05) is 33.7 Å². The van der Waals surface area contributed by atoms with Crippen LogP contribution >= 0.6 is 0 Å². The van der Waals surface area contributed by atoms with Gasteiger partial charge in [-0.1, -0.05) is 65.3 Å². The molecule has 1 rings (SSSR count). The van der Waals surface area contributed by atoms with Gasteiger partial charge in [0.05, 0.1) is 6.61 Å². The molecule has 0 radical (unpaired) electrons. The first-order valence-electron chi connectivity index (χ1n) is 8.63. The Morgan fingerprint density at radius 3 is 1.64 bits per heavy atom. The van der Waals surface area contributed by atoms with Crippen LogP contribution in [-0.2, 0) is 13.2 Å². The summed E-state index contributed by atoms with van der Waals surface area (Å²) in [5.74, 6) is 0. The smallest absolute Gasteiger partial charge is 0.0681 e. The number of nitrogens with zero attached hydrogens (tertiary/aromatic N) is 2. The molecule has 3 nitrogen and oxygen atoms in total. The molecule has 0 amide bonds. The van der Waals surface area contributed by atoms with Crippen LogP contribution in [0.2, 0.25) is 0 Å². The number of aliphatic hydroxyl groups is 1. The predicted molar refractivity (Wildman–Crippen MR) is 99.2 cm³/mol. The van der Waals surface area contributed by atoms with Gasteiger partial charge in [-0.2, -0.15) is 0 Å². The van der Waals surface area contributed by atoms with E-state index >= 15 is 0 Å². The van der Waals surface area contributed by atoms with Gasteiger partial charge in [0, 0.05) is 19.6 Å². The Kier molecular flexibility index (Phi) is 17.5. The van der Waals surface area contributed by atoms with Crippen LogP contribution in [0, 0.1) is 0 Å². The van der Waals surface area contributed by atoms with Gasteiger partial charge in [0.25, 0.3) is 0 Å². The van der Waals surface area contributed by atoms with E-state index in [0.29, 0.717) is 0 Å². The minimum atomic E-state index is 0.122. The second-order valence-electron chi connectivity index (χ2n) is 5.32. The molecular weight excluding hydrogens is 272 g/mol. The van der Waals surface area contributed by atoms with Crippen molar-refractivity contribution in [3.63, 3.8) is 0 Å². The van der Waals surface area contributed by atoms with E-state index in [1.54, 1.807) is 0 Å². The summed E-state index contributed by atoms with van der Waals surface area (Å²) in [5.41, 5.74) is 2.27. The Bertz CT molecular complexity index is 325. The molecule has 0 unspecified atom stereocenters. The molecule has 130 valence electrons. The van der Waals surface area contributed by atoms with Crippen LogP contribution in [0.1, 0.15) is 52.2 Å². The molecule has 0 aliphatic heterocycles. The number of rotatable bonds is 7. The van der Waals surface area contributed by atoms with Gasteiger partial charge in [0.15, 0.2) is 0 Å². The average molecular weight is 311 g/mol. The lowest BCUT2D eigenvalue weighted by atomic mass is 10.1. The minimum absolute atomic E-state index is 0.122. The molecule has 1 N–H and O–H groups in total. The predicted octanol–water partition coefficient (Wildman–Crippen LogP) is 4.00. The van der Waals surface area contributed by atoms with Crippen molar-refractivity contribution in [3.8, 4) is 0 Å². The van der Waals surface area contributed by atoms with Crippen molar-refractivity contribution in [1.82, 2.24) is 9.80 Å². The summed E-state index contributed by atoms with van der Waals surface area (Å²) < 4.78 is 0. The van der Waals surface area contributed by atoms with Crippen molar-refractivity contribution in [2.24, 2.45) is 0 Å². The van der Waals surface area contributed by atoms with Crippen LogP contribution in [0.15, 0.2) is 24.3 Å². The topological polar surface area (TPSA) is 26.7 Å². The molecule has 22 heavy (non-hydrogen) atoms. The molecule has 0 bridgehead atoms. The van der Waals surface area contributed by atoms with Gasteiger partial charge in [0.1, 0.15) is 0 Å². The first-order chi connectivity index (χ1) is 10.6. The maximum Gasteiger partial charge on any atom is 0.0681 e. The molecule has 0 aliphatic rings. The Morgan fingerprint density at radius 1 is 0.818 bits per heavy atom. The minimum Gasteiger partial charge on any atom is -0.392 e. The standard InChI is InChI=1S/C14H24N2O.C3H8.C2H6/c1-4-15(2)9-10-16(3)11-13-5-7-14(12-17)8-6-13;1-3-2;1-2/h5-8,17H,4,9-12H2,1-3H3;3H2,1-2H3;1-2H3. The first kappa shape index (κ1) is 23.4. The van der Waals surface area contributed by atoms with Gasteiger partial charge in [-0.15, -0.1) is 0 Å². The molecular formula is C19H38N2O. The maximum absolute atomic E-state index is 8.97. The zero-order valence-electron chi connectivity index (χ0n) is 15.9. The van der Waals surface area contributed by atoms with Crippen LogP contribution in [0.3, 0.4) is 0 Å². The van der Waals surface area contributed by atoms with E-state index in [4.69, 9.17) is 5.11 Å². The lowest BCUT2D eigenvalue weighted by Crippen LogP contribution is -2.30. The van der Waals surface area contributed by atoms with Crippen LogP contribution in [0.25, 0.3) is 0 Å². The molecule has 0 spiro atoms. The lowest BCUT2D eigenvalue weighted by Gasteiger charge is -2.21. The van der Waals surface area contributed by atoms with Gasteiger partial charge < -0.3 is 14.9 Å². The van der Waals surface area contributed by atoms with E-state index in [2.05, 4.69) is 56.8 Å². The molecule has 0 atom stereocenters. The highest BCUT2D eigenvalue weighted by Crippen LogP contribution is 2.06. The Hall–Kier alpha value is -0.900. The fourth-order valence-corrected chi connectivity index (χ4v) is 1.64. The zero-order valence-corrected chi connectivity index (χ0v) is 15.9. The molecule has 1 aromatic carbocycles. The maximum atomic E-state index is 8.97. The molecule has 1 aromatic rings. The summed E-state index contributed by atoms with van der Waals surface area (Å²) in [4.78, 5) is 4.63. The second kappa shape index (κ2) is 16.5. The van der Waals surface area contributed by atoms with E-state index in [1.165, 1.54) is 12.0 Å². The summed E-state index contributed by atoms with van der Waals surface area (Å²) >= 11 is 0. The van der Waals surface area contributed by atoms with Crippen molar-refractivity contribution >= 4 is 0 Å². The third kappa shape index (κ3) is 12.8. The summed E-state index contributed by atoms with van der Waals surface area (Å²) in [5, 5.41) is 8.97. The number of hydrogen-bond donors (Lipinski definition) is 1. The third-order valence-electron chi connectivity index (χ3n) is 3.06. The second-order valence-corrected chi connectivity index (χ2v) is 5.32. The fourth-order valence-electron chi connectivity index (χ4n) is 1.64. The number of hydrogen-bond acceptors (Lipinski definition) is 3. The first-order valence-corrected chi connectivity index (χ1v) is 8.63. The van der Waals surface area contributed by atoms with Crippen molar-refractivity contribution < 1.29 is 5.11 Å². The molecule has 3 heteroatoms. The lowest BCUT2D eigenvalue weighted by molar-refractivity contribution is 0.258. The van der Waals surface area contributed by atoms with Crippen molar-refractivity contribution in [1.29, 1.82) is 0 Å². The van der Waals surface area contributed by atoms with Crippen LogP contribution in [0.5, 0.6) is 0 Å². The normalized spacial score (nSPS) is 9.91. The van der Waals surface area contributed by atoms with Gasteiger partial charge in [0.2, 0.25) is 0 Å². The number of aliphatic hydroxyl groups excluding tert-OH is 1. The van der Waals surface area contributed by atoms with E-state index in [1.807, 2.05) is 26.0 Å². The molecule has 0 aromatic heterocycles. The molecule has 0 heterocycles. The fraction of sp³-hybridized carbons (Fsp3) is 0.684. The third-order valence-corrected chi connectivity index (χ3v) is 3.06. The SMILES string of the molecule is CC.CCC.CCN(C)CCN(C)Cc1ccc(CO)cc1. The van der Waals surface area contributed by atoms with E-state index in [9.17, 15) is 0 Å². The van der Waals surface area contributed by atoms with E-state index in [-0.39, 0.29) is 6.61 Å². The van der Waals surface area contributed by atoms with Crippen molar-refractivity contribution in [2.45, 2.75) is 54.2 Å². The molecule has 0 fully saturated rings. The highest BCUT2D eigenvalue weighted by atomic mass is 16.3. The monoisotopic (exact) mass is 310 g/mol. The van der Waals surface area contributed by atoms with Gasteiger partial charge in [-0.3, -0.25) is 0 Å². The Labute approximate surface area is 139 Å². The zero-order chi connectivity index (χ0) is 17.4. The largest absolute Gasteiger partial charge is 0.392 e. The average Bonchev–Trinajstić information content (AvgIpc) is 2.56. The molecule has 0 aliphatic carbocycles. The summed E-state index contributed by atoms with van der Waals surface area (Å²) in [7, 11) is 4.29. The van der Waals surface area contributed by atoms with E-state index < -0.39 is 0 Å². The number of likely N-dealkylation sites (N-methyl/N-ethyl adjacent to an activating group) is 2.